The van der Waals surface area contributed by atoms with Crippen LogP contribution in [0.25, 0.3) is 10.9 Å². The summed E-state index contributed by atoms with van der Waals surface area (Å²) in [6.07, 6.45) is 3.77. The summed E-state index contributed by atoms with van der Waals surface area (Å²) >= 11 is 0. The number of carbonyl (C=O) groups is 1. The number of ether oxygens (including phenoxy) is 2. The molecule has 1 aromatic carbocycles. The van der Waals surface area contributed by atoms with Gasteiger partial charge in [0.05, 0.1) is 31.1 Å². The second kappa shape index (κ2) is 7.63. The summed E-state index contributed by atoms with van der Waals surface area (Å²) in [5.74, 6) is 0.258. The summed E-state index contributed by atoms with van der Waals surface area (Å²) in [5, 5.41) is 1.34. The fourth-order valence-electron chi connectivity index (χ4n) is 5.19. The molecule has 4 unspecified atom stereocenters. The predicted octanol–water partition coefficient (Wildman–Crippen LogP) is 4.21. The summed E-state index contributed by atoms with van der Waals surface area (Å²) < 4.78 is 10.8. The molecule has 1 aromatic heterocycles. The number of piperidine rings is 1. The smallest absolute Gasteiger partial charge is 0.337 e. The third kappa shape index (κ3) is 2.93. The maximum absolute atomic E-state index is 12.3. The Hall–Kier alpha value is -2.27. The van der Waals surface area contributed by atoms with Gasteiger partial charge in [-0.15, -0.1) is 0 Å². The zero-order valence-electron chi connectivity index (χ0n) is 17.2. The highest BCUT2D eigenvalue weighted by atomic mass is 16.5. The lowest BCUT2D eigenvalue weighted by Gasteiger charge is -2.49. The maximum Gasteiger partial charge on any atom is 0.337 e. The van der Waals surface area contributed by atoms with E-state index in [-0.39, 0.29) is 18.0 Å². The molecule has 0 saturated carbocycles. The number of para-hydroxylation sites is 1. The van der Waals surface area contributed by atoms with Crippen LogP contribution in [0.4, 0.5) is 0 Å². The lowest BCUT2D eigenvalue weighted by molar-refractivity contribution is -0.139. The van der Waals surface area contributed by atoms with Gasteiger partial charge in [-0.2, -0.15) is 0 Å². The van der Waals surface area contributed by atoms with Crippen molar-refractivity contribution in [3.8, 4) is 0 Å². The summed E-state index contributed by atoms with van der Waals surface area (Å²) in [6.45, 7) is 8.13. The molecule has 1 fully saturated rings. The fraction of sp³-hybridized carbons (Fsp3) is 0.522. The van der Waals surface area contributed by atoms with Crippen molar-refractivity contribution in [2.75, 3.05) is 20.2 Å². The van der Waals surface area contributed by atoms with Crippen LogP contribution in [0.1, 0.15) is 44.5 Å². The van der Waals surface area contributed by atoms with E-state index in [1.807, 2.05) is 13.8 Å². The van der Waals surface area contributed by atoms with Crippen LogP contribution in [-0.4, -0.2) is 42.2 Å². The summed E-state index contributed by atoms with van der Waals surface area (Å²) in [6, 6.07) is 8.88. The van der Waals surface area contributed by atoms with Crippen molar-refractivity contribution in [1.82, 2.24) is 9.88 Å². The second-order valence-electron chi connectivity index (χ2n) is 7.74. The fourth-order valence-corrected chi connectivity index (χ4v) is 5.19. The molecule has 5 rings (SSSR count). The molecule has 0 radical (unpaired) electrons. The van der Waals surface area contributed by atoms with Crippen molar-refractivity contribution in [2.24, 2.45) is 11.8 Å². The molecule has 1 saturated heterocycles. The molecule has 3 aliphatic heterocycles. The highest BCUT2D eigenvalue weighted by Gasteiger charge is 2.46. The Labute approximate surface area is 166 Å². The molecular weight excluding hydrogens is 352 g/mol. The van der Waals surface area contributed by atoms with Gasteiger partial charge in [-0.05, 0) is 31.4 Å². The Morgan fingerprint density at radius 1 is 1.29 bits per heavy atom. The Morgan fingerprint density at radius 3 is 2.86 bits per heavy atom. The minimum absolute atomic E-state index is 0.124. The molecule has 1 N–H and O–H groups in total. The first-order valence-corrected chi connectivity index (χ1v) is 10.4. The molecule has 0 bridgehead atoms. The van der Waals surface area contributed by atoms with Gasteiger partial charge in [-0.25, -0.2) is 4.79 Å². The largest absolute Gasteiger partial charge is 0.497 e. The van der Waals surface area contributed by atoms with Crippen LogP contribution in [0.5, 0.6) is 0 Å². The quantitative estimate of drug-likeness (QED) is 0.751. The average Bonchev–Trinajstić information content (AvgIpc) is 3.13. The predicted molar refractivity (Wildman–Crippen MR) is 110 cm³/mol. The van der Waals surface area contributed by atoms with Gasteiger partial charge in [-0.1, -0.05) is 32.0 Å². The number of nitrogens with zero attached hydrogens (tertiary/aromatic N) is 1. The molecule has 5 heteroatoms. The van der Waals surface area contributed by atoms with Crippen molar-refractivity contribution < 1.29 is 14.3 Å². The Bertz CT molecular complexity index is 900. The van der Waals surface area contributed by atoms with Crippen molar-refractivity contribution in [2.45, 2.75) is 45.8 Å². The number of rotatable bonds is 1. The van der Waals surface area contributed by atoms with Gasteiger partial charge in [0, 0.05) is 41.5 Å². The minimum Gasteiger partial charge on any atom is -0.497 e. The van der Waals surface area contributed by atoms with Crippen LogP contribution in [0, 0.1) is 11.8 Å². The summed E-state index contributed by atoms with van der Waals surface area (Å²) in [4.78, 5) is 18.5. The maximum atomic E-state index is 12.3. The molecule has 0 aliphatic carbocycles. The van der Waals surface area contributed by atoms with Gasteiger partial charge in [-0.3, -0.25) is 4.90 Å². The monoisotopic (exact) mass is 382 g/mol. The number of hydrogen-bond donors (Lipinski definition) is 1. The SMILES string of the molecule is CC.COC(=O)C1=COC(C)C2CN3CCc4c([nH]c5ccccc45)C3CC12. The number of aromatic amines is 1. The molecule has 4 heterocycles. The normalized spacial score (nSPS) is 28.6. The lowest BCUT2D eigenvalue weighted by Crippen LogP contribution is -2.51. The van der Waals surface area contributed by atoms with Crippen LogP contribution in [0.2, 0.25) is 0 Å². The molecule has 0 amide bonds. The molecule has 2 aromatic rings. The first-order valence-electron chi connectivity index (χ1n) is 10.4. The van der Waals surface area contributed by atoms with Gasteiger partial charge in [0.25, 0.3) is 0 Å². The van der Waals surface area contributed by atoms with Gasteiger partial charge >= 0.3 is 5.97 Å². The molecule has 0 spiro atoms. The van der Waals surface area contributed by atoms with Crippen molar-refractivity contribution >= 4 is 16.9 Å². The van der Waals surface area contributed by atoms with Crippen LogP contribution in [-0.2, 0) is 20.7 Å². The number of esters is 1. The van der Waals surface area contributed by atoms with Crippen molar-refractivity contribution in [3.05, 3.63) is 47.4 Å². The summed E-state index contributed by atoms with van der Waals surface area (Å²) in [7, 11) is 1.45. The van der Waals surface area contributed by atoms with E-state index in [1.165, 1.54) is 29.3 Å². The number of carbonyl (C=O) groups excluding carboxylic acids is 1. The van der Waals surface area contributed by atoms with Gasteiger partial charge in [0.2, 0.25) is 0 Å². The molecule has 28 heavy (non-hydrogen) atoms. The zero-order chi connectivity index (χ0) is 19.8. The van der Waals surface area contributed by atoms with Crippen molar-refractivity contribution in [3.63, 3.8) is 0 Å². The molecule has 3 aliphatic rings. The molecular formula is C23H30N2O3. The number of methoxy groups -OCH3 is 1. The Morgan fingerprint density at radius 2 is 2.07 bits per heavy atom. The highest BCUT2D eigenvalue weighted by molar-refractivity contribution is 5.89. The van der Waals surface area contributed by atoms with Crippen LogP contribution < -0.4 is 0 Å². The van der Waals surface area contributed by atoms with E-state index in [4.69, 9.17) is 9.47 Å². The van der Waals surface area contributed by atoms with Crippen LogP contribution >= 0.6 is 0 Å². The first-order chi connectivity index (χ1) is 13.7. The van der Waals surface area contributed by atoms with E-state index >= 15 is 0 Å². The summed E-state index contributed by atoms with van der Waals surface area (Å²) in [5.41, 5.74) is 4.69. The number of fused-ring (bicyclic) bond motifs is 6. The lowest BCUT2D eigenvalue weighted by atomic mass is 9.72. The van der Waals surface area contributed by atoms with Crippen molar-refractivity contribution in [1.29, 1.82) is 0 Å². The molecule has 4 atom stereocenters. The topological polar surface area (TPSA) is 54.6 Å². The van der Waals surface area contributed by atoms with Crippen LogP contribution in [0.3, 0.4) is 0 Å². The molecule has 5 nitrogen and oxygen atoms in total. The van der Waals surface area contributed by atoms with Crippen LogP contribution in [0.15, 0.2) is 36.1 Å². The standard InChI is InChI=1S/C21H24N2O3.C2H6/c1-12-16-10-23-8-7-14-13-5-3-4-6-18(13)22-20(14)19(23)9-15(16)17(11-26-12)21(24)25-2;1-2/h3-6,11-12,15-16,19,22H,7-10H2,1-2H3;1-2H3. The zero-order valence-corrected chi connectivity index (χ0v) is 17.2. The Kier molecular flexibility index (Phi) is 5.19. The number of aromatic nitrogens is 1. The number of hydrogen-bond acceptors (Lipinski definition) is 4. The number of H-pyrrole nitrogens is 1. The Balaban J connectivity index is 0.000000932. The second-order valence-corrected chi connectivity index (χ2v) is 7.74. The average molecular weight is 383 g/mol. The number of nitrogens with one attached hydrogen (secondary N) is 1. The minimum atomic E-state index is -0.256. The van der Waals surface area contributed by atoms with E-state index < -0.39 is 0 Å². The van der Waals surface area contributed by atoms with E-state index in [0.717, 1.165) is 25.9 Å². The highest BCUT2D eigenvalue weighted by Crippen LogP contribution is 2.47. The third-order valence-electron chi connectivity index (χ3n) is 6.54. The molecule has 150 valence electrons. The van der Waals surface area contributed by atoms with Gasteiger partial charge in [0.15, 0.2) is 0 Å². The van der Waals surface area contributed by atoms with E-state index in [0.29, 0.717) is 17.5 Å². The van der Waals surface area contributed by atoms with Gasteiger partial charge in [0.1, 0.15) is 0 Å². The van der Waals surface area contributed by atoms with E-state index in [9.17, 15) is 4.79 Å². The van der Waals surface area contributed by atoms with E-state index in [2.05, 4.69) is 41.1 Å². The third-order valence-corrected chi connectivity index (χ3v) is 6.54. The van der Waals surface area contributed by atoms with Gasteiger partial charge < -0.3 is 14.5 Å². The first kappa shape index (κ1) is 19.1. The van der Waals surface area contributed by atoms with E-state index in [1.54, 1.807) is 6.26 Å². The number of benzene rings is 1.